The molecule has 0 radical (unpaired) electrons. The van der Waals surface area contributed by atoms with E-state index in [1.54, 1.807) is 11.8 Å². The van der Waals surface area contributed by atoms with E-state index < -0.39 is 5.56 Å². The molecule has 1 aromatic heterocycles. The van der Waals surface area contributed by atoms with Crippen LogP contribution in [0.4, 0.5) is 11.5 Å². The Kier molecular flexibility index (Phi) is 5.16. The summed E-state index contributed by atoms with van der Waals surface area (Å²) in [6.07, 6.45) is 2.06. The lowest BCUT2D eigenvalue weighted by Gasteiger charge is -2.22. The van der Waals surface area contributed by atoms with Crippen molar-refractivity contribution in [2.75, 3.05) is 30.3 Å². The van der Waals surface area contributed by atoms with Crippen molar-refractivity contribution in [1.82, 2.24) is 9.97 Å². The number of esters is 1. The lowest BCUT2D eigenvalue weighted by atomic mass is 10.3. The number of hydrogen-bond acceptors (Lipinski definition) is 6. The fraction of sp³-hybridized carbons (Fsp3) is 0.545. The quantitative estimate of drug-likeness (QED) is 0.700. The van der Waals surface area contributed by atoms with Gasteiger partial charge in [-0.15, -0.1) is 0 Å². The van der Waals surface area contributed by atoms with Crippen molar-refractivity contribution in [1.29, 1.82) is 0 Å². The Labute approximate surface area is 105 Å². The Bertz CT molecular complexity index is 458. The minimum absolute atomic E-state index is 0.00949. The van der Waals surface area contributed by atoms with Gasteiger partial charge in [0.15, 0.2) is 5.82 Å². The van der Waals surface area contributed by atoms with Gasteiger partial charge in [-0.3, -0.25) is 9.59 Å². The SMILES string of the molecule is CCCN(CC(=O)OCC)c1nc[nH]c(=O)c1N. The number of anilines is 2. The van der Waals surface area contributed by atoms with Gasteiger partial charge < -0.3 is 20.4 Å². The highest BCUT2D eigenvalue weighted by atomic mass is 16.5. The van der Waals surface area contributed by atoms with Crippen LogP contribution in [0, 0.1) is 0 Å². The van der Waals surface area contributed by atoms with Gasteiger partial charge in [0.25, 0.3) is 5.56 Å². The van der Waals surface area contributed by atoms with Crippen LogP contribution in [-0.4, -0.2) is 35.6 Å². The van der Waals surface area contributed by atoms with Gasteiger partial charge in [-0.25, -0.2) is 4.98 Å². The maximum atomic E-state index is 11.5. The summed E-state index contributed by atoms with van der Waals surface area (Å²) >= 11 is 0. The number of ether oxygens (including phenoxy) is 1. The Hall–Kier alpha value is -2.05. The molecule has 0 fully saturated rings. The van der Waals surface area contributed by atoms with Crippen LogP contribution < -0.4 is 16.2 Å². The molecular weight excluding hydrogens is 236 g/mol. The van der Waals surface area contributed by atoms with Gasteiger partial charge in [0, 0.05) is 6.54 Å². The van der Waals surface area contributed by atoms with Crippen molar-refractivity contribution in [2.24, 2.45) is 0 Å². The number of aromatic nitrogens is 2. The second kappa shape index (κ2) is 6.63. The number of aromatic amines is 1. The Balaban J connectivity index is 2.93. The zero-order chi connectivity index (χ0) is 13.5. The Morgan fingerprint density at radius 3 is 2.89 bits per heavy atom. The molecule has 0 unspecified atom stereocenters. The third kappa shape index (κ3) is 3.47. The molecule has 1 rings (SSSR count). The predicted molar refractivity (Wildman–Crippen MR) is 68.4 cm³/mol. The lowest BCUT2D eigenvalue weighted by molar-refractivity contribution is -0.141. The largest absolute Gasteiger partial charge is 0.465 e. The lowest BCUT2D eigenvalue weighted by Crippen LogP contribution is -2.34. The average Bonchev–Trinajstić information content (AvgIpc) is 2.32. The van der Waals surface area contributed by atoms with Crippen LogP contribution in [0.2, 0.25) is 0 Å². The molecule has 0 spiro atoms. The first-order chi connectivity index (χ1) is 8.60. The van der Waals surface area contributed by atoms with E-state index in [-0.39, 0.29) is 18.2 Å². The molecule has 0 aliphatic heterocycles. The van der Waals surface area contributed by atoms with Crippen LogP contribution in [0.1, 0.15) is 20.3 Å². The summed E-state index contributed by atoms with van der Waals surface area (Å²) in [6.45, 7) is 4.61. The van der Waals surface area contributed by atoms with Crippen LogP contribution in [0.25, 0.3) is 0 Å². The molecule has 0 saturated carbocycles. The second-order valence-electron chi connectivity index (χ2n) is 3.70. The maximum absolute atomic E-state index is 11.5. The summed E-state index contributed by atoms with van der Waals surface area (Å²) in [4.78, 5) is 30.9. The van der Waals surface area contributed by atoms with Gasteiger partial charge in [-0.1, -0.05) is 6.92 Å². The number of carbonyl (C=O) groups is 1. The summed E-state index contributed by atoms with van der Waals surface area (Å²) in [5.74, 6) is -0.0546. The molecule has 3 N–H and O–H groups in total. The average molecular weight is 254 g/mol. The fourth-order valence-corrected chi connectivity index (χ4v) is 1.55. The van der Waals surface area contributed by atoms with Gasteiger partial charge >= 0.3 is 5.97 Å². The normalized spacial score (nSPS) is 10.1. The minimum Gasteiger partial charge on any atom is -0.465 e. The predicted octanol–water partition coefficient (Wildman–Crippen LogP) is 0.132. The van der Waals surface area contributed by atoms with Gasteiger partial charge in [0.05, 0.1) is 12.9 Å². The summed E-state index contributed by atoms with van der Waals surface area (Å²) < 4.78 is 4.88. The maximum Gasteiger partial charge on any atom is 0.325 e. The van der Waals surface area contributed by atoms with E-state index in [1.165, 1.54) is 6.33 Å². The zero-order valence-corrected chi connectivity index (χ0v) is 10.6. The van der Waals surface area contributed by atoms with Gasteiger partial charge in [-0.05, 0) is 13.3 Å². The molecule has 18 heavy (non-hydrogen) atoms. The summed E-state index contributed by atoms with van der Waals surface area (Å²) in [6, 6.07) is 0. The van der Waals surface area contributed by atoms with Crippen LogP contribution in [-0.2, 0) is 9.53 Å². The monoisotopic (exact) mass is 254 g/mol. The first-order valence-corrected chi connectivity index (χ1v) is 5.83. The topological polar surface area (TPSA) is 101 Å². The molecular formula is C11H18N4O3. The smallest absolute Gasteiger partial charge is 0.325 e. The van der Waals surface area contributed by atoms with Crippen LogP contribution in [0.3, 0.4) is 0 Å². The van der Waals surface area contributed by atoms with E-state index in [9.17, 15) is 9.59 Å². The van der Waals surface area contributed by atoms with E-state index in [2.05, 4.69) is 9.97 Å². The Morgan fingerprint density at radius 1 is 1.56 bits per heavy atom. The van der Waals surface area contributed by atoms with Crippen LogP contribution in [0.5, 0.6) is 0 Å². The number of hydrogen-bond donors (Lipinski definition) is 2. The molecule has 1 heterocycles. The van der Waals surface area contributed by atoms with E-state index in [0.29, 0.717) is 19.0 Å². The molecule has 7 nitrogen and oxygen atoms in total. The Morgan fingerprint density at radius 2 is 2.28 bits per heavy atom. The highest BCUT2D eigenvalue weighted by Gasteiger charge is 2.16. The van der Waals surface area contributed by atoms with Crippen molar-refractivity contribution >= 4 is 17.5 Å². The van der Waals surface area contributed by atoms with E-state index >= 15 is 0 Å². The molecule has 0 aromatic carbocycles. The number of rotatable bonds is 6. The van der Waals surface area contributed by atoms with Crippen molar-refractivity contribution in [3.05, 3.63) is 16.7 Å². The second-order valence-corrected chi connectivity index (χ2v) is 3.70. The zero-order valence-electron chi connectivity index (χ0n) is 10.6. The number of nitrogens with one attached hydrogen (secondary N) is 1. The minimum atomic E-state index is -0.412. The third-order valence-corrected chi connectivity index (χ3v) is 2.29. The van der Waals surface area contributed by atoms with E-state index in [1.807, 2.05) is 6.92 Å². The molecule has 0 atom stereocenters. The standard InChI is InChI=1S/C11H18N4O3/c1-3-5-15(6-8(16)18-4-2)10-9(12)11(17)14-7-13-10/h7H,3-6,12H2,1-2H3,(H,13,14,17). The summed E-state index contributed by atoms with van der Waals surface area (Å²) in [5.41, 5.74) is 5.26. The van der Waals surface area contributed by atoms with E-state index in [0.717, 1.165) is 6.42 Å². The highest BCUT2D eigenvalue weighted by Crippen LogP contribution is 2.15. The third-order valence-electron chi connectivity index (χ3n) is 2.29. The van der Waals surface area contributed by atoms with Crippen molar-refractivity contribution < 1.29 is 9.53 Å². The molecule has 100 valence electrons. The first kappa shape index (κ1) is 14.0. The van der Waals surface area contributed by atoms with Crippen molar-refractivity contribution in [2.45, 2.75) is 20.3 Å². The molecule has 0 saturated heterocycles. The van der Waals surface area contributed by atoms with Gasteiger partial charge in [-0.2, -0.15) is 0 Å². The molecule has 0 aliphatic rings. The fourth-order valence-electron chi connectivity index (χ4n) is 1.55. The number of nitrogens with two attached hydrogens (primary N) is 1. The molecule has 7 heteroatoms. The van der Waals surface area contributed by atoms with Gasteiger partial charge in [0.2, 0.25) is 0 Å². The van der Waals surface area contributed by atoms with Crippen LogP contribution in [0.15, 0.2) is 11.1 Å². The van der Waals surface area contributed by atoms with Crippen molar-refractivity contribution in [3.8, 4) is 0 Å². The highest BCUT2D eigenvalue weighted by molar-refractivity contribution is 5.77. The molecule has 0 amide bonds. The number of H-pyrrole nitrogens is 1. The first-order valence-electron chi connectivity index (χ1n) is 5.83. The number of nitrogen functional groups attached to an aromatic ring is 1. The van der Waals surface area contributed by atoms with Crippen LogP contribution >= 0.6 is 0 Å². The summed E-state index contributed by atoms with van der Waals surface area (Å²) in [5, 5.41) is 0. The van der Waals surface area contributed by atoms with Gasteiger partial charge in [0.1, 0.15) is 12.2 Å². The molecule has 0 aliphatic carbocycles. The van der Waals surface area contributed by atoms with E-state index in [4.69, 9.17) is 10.5 Å². The van der Waals surface area contributed by atoms with Crippen molar-refractivity contribution in [3.63, 3.8) is 0 Å². The molecule has 0 bridgehead atoms. The molecule has 1 aromatic rings. The number of nitrogens with zero attached hydrogens (tertiary/aromatic N) is 2. The number of carbonyl (C=O) groups excluding carboxylic acids is 1. The summed E-state index contributed by atoms with van der Waals surface area (Å²) in [7, 11) is 0.